The van der Waals surface area contributed by atoms with Gasteiger partial charge in [0.2, 0.25) is 0 Å². The highest BCUT2D eigenvalue weighted by Gasteiger charge is 2.43. The number of nitrogens with one attached hydrogen (secondary N) is 1. The summed E-state index contributed by atoms with van der Waals surface area (Å²) in [6.45, 7) is 2.99. The van der Waals surface area contributed by atoms with E-state index < -0.39 is 0 Å². The number of anilines is 1. The fraction of sp³-hybridized carbons (Fsp3) is 0.462. The number of hydrogen-bond acceptors (Lipinski definition) is 4. The standard InChI is InChI=1S/C26H29ClN4O2/c27-23-7-4-19(15-25(23)30-8-10-33-11-9-30)26(32)31-20-5-6-21(31)14-17(13-20)12-18-2-1-3-24-22(18)16-28-29-24/h1-4,7,15-17,20-21H,5-6,8-14H2,(H,28,29). The highest BCUT2D eigenvalue weighted by Crippen LogP contribution is 2.41. The minimum absolute atomic E-state index is 0.157. The lowest BCUT2D eigenvalue weighted by atomic mass is 9.85. The Morgan fingerprint density at radius 1 is 1.12 bits per heavy atom. The SMILES string of the molecule is O=C(c1ccc(Cl)c(N2CCOCC2)c1)N1C2CCC1CC(Cc1cccc3[nH]ncc13)C2. The van der Waals surface area contributed by atoms with Crippen LogP contribution in [0.15, 0.2) is 42.6 Å². The first-order chi connectivity index (χ1) is 16.2. The highest BCUT2D eigenvalue weighted by atomic mass is 35.5. The fourth-order valence-corrected chi connectivity index (χ4v) is 6.38. The van der Waals surface area contributed by atoms with Gasteiger partial charge in [-0.15, -0.1) is 0 Å². The molecule has 33 heavy (non-hydrogen) atoms. The third-order valence-corrected chi connectivity index (χ3v) is 8.01. The van der Waals surface area contributed by atoms with Crippen molar-refractivity contribution < 1.29 is 9.53 Å². The van der Waals surface area contributed by atoms with Crippen LogP contribution >= 0.6 is 11.6 Å². The first kappa shape index (κ1) is 21.0. The van der Waals surface area contributed by atoms with Crippen LogP contribution < -0.4 is 4.90 Å². The second kappa shape index (κ2) is 8.65. The van der Waals surface area contributed by atoms with Gasteiger partial charge in [-0.3, -0.25) is 9.89 Å². The normalized spacial score (nSPS) is 25.1. The highest BCUT2D eigenvalue weighted by molar-refractivity contribution is 6.33. The number of halogens is 1. The Labute approximate surface area is 198 Å². The molecular weight excluding hydrogens is 436 g/mol. The third-order valence-electron chi connectivity index (χ3n) is 7.69. The Kier molecular flexibility index (Phi) is 5.51. The van der Waals surface area contributed by atoms with E-state index in [1.54, 1.807) is 0 Å². The molecule has 6 nitrogen and oxygen atoms in total. The van der Waals surface area contributed by atoms with Crippen LogP contribution in [-0.2, 0) is 11.2 Å². The first-order valence-electron chi connectivity index (χ1n) is 12.0. The van der Waals surface area contributed by atoms with E-state index in [0.29, 0.717) is 36.2 Å². The number of piperidine rings is 1. The van der Waals surface area contributed by atoms with Gasteiger partial charge in [0.15, 0.2) is 0 Å². The van der Waals surface area contributed by atoms with Gasteiger partial charge in [-0.1, -0.05) is 23.7 Å². The smallest absolute Gasteiger partial charge is 0.254 e. The number of rotatable bonds is 4. The molecule has 2 bridgehead atoms. The molecule has 2 aromatic carbocycles. The van der Waals surface area contributed by atoms with Crippen LogP contribution in [0.3, 0.4) is 0 Å². The van der Waals surface area contributed by atoms with Crippen LogP contribution in [0.2, 0.25) is 5.02 Å². The number of amides is 1. The molecule has 7 heteroatoms. The number of ether oxygens (including phenoxy) is 1. The zero-order chi connectivity index (χ0) is 22.4. The molecule has 0 spiro atoms. The molecule has 3 aliphatic rings. The number of carbonyl (C=O) groups is 1. The van der Waals surface area contributed by atoms with Gasteiger partial charge in [0, 0.05) is 36.1 Å². The lowest BCUT2D eigenvalue weighted by Gasteiger charge is -2.39. The Bertz CT molecular complexity index is 1160. The van der Waals surface area contributed by atoms with Crippen LogP contribution in [0, 0.1) is 5.92 Å². The van der Waals surface area contributed by atoms with Gasteiger partial charge >= 0.3 is 0 Å². The molecule has 6 rings (SSSR count). The lowest BCUT2D eigenvalue weighted by molar-refractivity contribution is 0.0525. The first-order valence-corrected chi connectivity index (χ1v) is 12.4. The van der Waals surface area contributed by atoms with E-state index in [0.717, 1.165) is 62.0 Å². The van der Waals surface area contributed by atoms with Gasteiger partial charge in [0.05, 0.1) is 35.6 Å². The minimum atomic E-state index is 0.157. The number of H-pyrrole nitrogens is 1. The summed E-state index contributed by atoms with van der Waals surface area (Å²) >= 11 is 6.50. The number of carbonyl (C=O) groups excluding carboxylic acids is 1. The predicted molar refractivity (Wildman–Crippen MR) is 130 cm³/mol. The van der Waals surface area contributed by atoms with Crippen molar-refractivity contribution >= 4 is 34.1 Å². The van der Waals surface area contributed by atoms with Crippen LogP contribution in [0.25, 0.3) is 10.9 Å². The fourth-order valence-electron chi connectivity index (χ4n) is 6.15. The quantitative estimate of drug-likeness (QED) is 0.609. The number of fused-ring (bicyclic) bond motifs is 3. The zero-order valence-corrected chi connectivity index (χ0v) is 19.4. The van der Waals surface area contributed by atoms with Gasteiger partial charge in [-0.2, -0.15) is 5.10 Å². The molecule has 3 saturated heterocycles. The number of aromatic amines is 1. The molecule has 1 N–H and O–H groups in total. The van der Waals surface area contributed by atoms with Crippen molar-refractivity contribution in [3.8, 4) is 0 Å². The van der Waals surface area contributed by atoms with E-state index in [1.165, 1.54) is 10.9 Å². The Balaban J connectivity index is 1.19. The zero-order valence-electron chi connectivity index (χ0n) is 18.7. The maximum Gasteiger partial charge on any atom is 0.254 e. The summed E-state index contributed by atoms with van der Waals surface area (Å²) in [4.78, 5) is 18.0. The Hall–Kier alpha value is -2.57. The molecule has 172 valence electrons. The number of benzene rings is 2. The van der Waals surface area contributed by atoms with E-state index in [1.807, 2.05) is 24.4 Å². The van der Waals surface area contributed by atoms with Crippen molar-refractivity contribution in [1.82, 2.24) is 15.1 Å². The van der Waals surface area contributed by atoms with E-state index >= 15 is 0 Å². The van der Waals surface area contributed by atoms with E-state index in [-0.39, 0.29) is 5.91 Å². The second-order valence-corrected chi connectivity index (χ2v) is 10.1. The van der Waals surface area contributed by atoms with E-state index in [4.69, 9.17) is 16.3 Å². The second-order valence-electron chi connectivity index (χ2n) is 9.65. The van der Waals surface area contributed by atoms with Crippen LogP contribution in [0.4, 0.5) is 5.69 Å². The summed E-state index contributed by atoms with van der Waals surface area (Å²) in [5.41, 5.74) is 4.15. The summed E-state index contributed by atoms with van der Waals surface area (Å²) in [7, 11) is 0. The van der Waals surface area contributed by atoms with Gasteiger partial charge in [0.1, 0.15) is 0 Å². The Morgan fingerprint density at radius 2 is 1.91 bits per heavy atom. The summed E-state index contributed by atoms with van der Waals surface area (Å²) < 4.78 is 5.48. The molecule has 0 aliphatic carbocycles. The van der Waals surface area contributed by atoms with Crippen LogP contribution in [0.5, 0.6) is 0 Å². The summed E-state index contributed by atoms with van der Waals surface area (Å²) in [6.07, 6.45) is 7.33. The molecule has 0 radical (unpaired) electrons. The summed E-state index contributed by atoms with van der Waals surface area (Å²) in [5.74, 6) is 0.755. The largest absolute Gasteiger partial charge is 0.378 e. The average Bonchev–Trinajstić information content (AvgIpc) is 3.42. The maximum atomic E-state index is 13.6. The minimum Gasteiger partial charge on any atom is -0.378 e. The number of morpholine rings is 1. The Morgan fingerprint density at radius 3 is 2.70 bits per heavy atom. The molecule has 0 saturated carbocycles. The number of nitrogens with zero attached hydrogens (tertiary/aromatic N) is 3. The van der Waals surface area contributed by atoms with Crippen LogP contribution in [-0.4, -0.2) is 59.4 Å². The van der Waals surface area contributed by atoms with Crippen molar-refractivity contribution in [1.29, 1.82) is 0 Å². The average molecular weight is 465 g/mol. The molecule has 2 atom stereocenters. The van der Waals surface area contributed by atoms with Gasteiger partial charge in [-0.05, 0) is 67.9 Å². The van der Waals surface area contributed by atoms with Crippen molar-refractivity contribution in [2.24, 2.45) is 5.92 Å². The summed E-state index contributed by atoms with van der Waals surface area (Å²) in [6, 6.07) is 12.8. The van der Waals surface area contributed by atoms with Crippen molar-refractivity contribution in [2.75, 3.05) is 31.2 Å². The molecule has 2 unspecified atom stereocenters. The maximum absolute atomic E-state index is 13.6. The van der Waals surface area contributed by atoms with Crippen molar-refractivity contribution in [3.05, 3.63) is 58.7 Å². The number of aromatic nitrogens is 2. The van der Waals surface area contributed by atoms with Crippen molar-refractivity contribution in [3.63, 3.8) is 0 Å². The van der Waals surface area contributed by atoms with Crippen LogP contribution in [0.1, 0.15) is 41.6 Å². The van der Waals surface area contributed by atoms with Gasteiger partial charge in [0.25, 0.3) is 5.91 Å². The predicted octanol–water partition coefficient (Wildman–Crippen LogP) is 4.68. The molecule has 4 heterocycles. The molecule has 1 aromatic heterocycles. The van der Waals surface area contributed by atoms with E-state index in [9.17, 15) is 4.79 Å². The third kappa shape index (κ3) is 3.89. The number of hydrogen-bond donors (Lipinski definition) is 1. The molecule has 3 fully saturated rings. The topological polar surface area (TPSA) is 61.5 Å². The van der Waals surface area contributed by atoms with Gasteiger partial charge < -0.3 is 14.5 Å². The molecule has 3 aliphatic heterocycles. The van der Waals surface area contributed by atoms with Crippen molar-refractivity contribution in [2.45, 2.75) is 44.2 Å². The molecule has 1 amide bonds. The molecule has 3 aromatic rings. The summed E-state index contributed by atoms with van der Waals surface area (Å²) in [5, 5.41) is 9.21. The van der Waals surface area contributed by atoms with E-state index in [2.05, 4.69) is 38.2 Å². The monoisotopic (exact) mass is 464 g/mol. The molecular formula is C26H29ClN4O2. The lowest BCUT2D eigenvalue weighted by Crippen LogP contribution is -2.47. The van der Waals surface area contributed by atoms with Gasteiger partial charge in [-0.25, -0.2) is 0 Å².